The molecule has 3 nitrogen and oxygen atoms in total. The van der Waals surface area contributed by atoms with Crippen molar-refractivity contribution in [1.82, 2.24) is 4.90 Å². The Morgan fingerprint density at radius 3 is 2.20 bits per heavy atom. The molecular weight excluding hydrogens is 390 g/mol. The molecular formula is C26H24ClN3. The number of piperazine rings is 1. The van der Waals surface area contributed by atoms with Crippen molar-refractivity contribution in [1.29, 1.82) is 5.26 Å². The van der Waals surface area contributed by atoms with E-state index in [2.05, 4.69) is 70.5 Å². The van der Waals surface area contributed by atoms with Crippen LogP contribution in [0.15, 0.2) is 78.9 Å². The van der Waals surface area contributed by atoms with Crippen molar-refractivity contribution >= 4 is 28.9 Å². The summed E-state index contributed by atoms with van der Waals surface area (Å²) in [5.41, 5.74) is 4.93. The Morgan fingerprint density at radius 2 is 1.53 bits per heavy atom. The van der Waals surface area contributed by atoms with Gasteiger partial charge < -0.3 is 4.90 Å². The Labute approximate surface area is 183 Å². The zero-order valence-corrected chi connectivity index (χ0v) is 17.6. The predicted molar refractivity (Wildman–Crippen MR) is 125 cm³/mol. The Kier molecular flexibility index (Phi) is 6.49. The van der Waals surface area contributed by atoms with Crippen LogP contribution < -0.4 is 4.90 Å². The van der Waals surface area contributed by atoms with Gasteiger partial charge in [0.25, 0.3) is 0 Å². The van der Waals surface area contributed by atoms with E-state index in [4.69, 9.17) is 11.6 Å². The van der Waals surface area contributed by atoms with Crippen LogP contribution in [0.25, 0.3) is 11.6 Å². The lowest BCUT2D eigenvalue weighted by Crippen LogP contribution is -2.45. The number of benzene rings is 3. The molecule has 0 N–H and O–H groups in total. The highest BCUT2D eigenvalue weighted by Crippen LogP contribution is 2.26. The van der Waals surface area contributed by atoms with Crippen molar-refractivity contribution in [3.63, 3.8) is 0 Å². The number of hydrogen-bond donors (Lipinski definition) is 0. The lowest BCUT2D eigenvalue weighted by Gasteiger charge is -2.36. The molecule has 30 heavy (non-hydrogen) atoms. The van der Waals surface area contributed by atoms with Crippen molar-refractivity contribution in [2.45, 2.75) is 6.54 Å². The number of nitriles is 1. The Morgan fingerprint density at radius 1 is 0.867 bits per heavy atom. The molecule has 0 atom stereocenters. The van der Waals surface area contributed by atoms with Crippen molar-refractivity contribution in [2.75, 3.05) is 31.1 Å². The van der Waals surface area contributed by atoms with Gasteiger partial charge in [-0.05, 0) is 35.4 Å². The summed E-state index contributed by atoms with van der Waals surface area (Å²) in [4.78, 5) is 4.93. The summed E-state index contributed by atoms with van der Waals surface area (Å²) in [5.74, 6) is 0. The Bertz CT molecular complexity index is 1040. The van der Waals surface area contributed by atoms with Gasteiger partial charge in [0.1, 0.15) is 0 Å². The minimum atomic E-state index is 0.572. The standard InChI is InChI=1S/C26H24ClN3/c27-26-9-5-4-8-25(26)23(19-28)18-21-10-12-24(13-11-21)30-16-14-29(15-17-30)20-22-6-2-1-3-7-22/h1-13,18H,14-17,20H2. The molecule has 3 aromatic carbocycles. The number of rotatable bonds is 5. The van der Waals surface area contributed by atoms with Gasteiger partial charge in [0.05, 0.1) is 11.6 Å². The third kappa shape index (κ3) is 4.91. The topological polar surface area (TPSA) is 30.3 Å². The largest absolute Gasteiger partial charge is 0.369 e. The summed E-state index contributed by atoms with van der Waals surface area (Å²) in [6, 6.07) is 28.8. The molecule has 1 saturated heterocycles. The van der Waals surface area contributed by atoms with E-state index in [1.165, 1.54) is 11.3 Å². The summed E-state index contributed by atoms with van der Waals surface area (Å²) in [6.45, 7) is 5.16. The summed E-state index contributed by atoms with van der Waals surface area (Å²) < 4.78 is 0. The molecule has 1 aliphatic rings. The van der Waals surface area contributed by atoms with Gasteiger partial charge >= 0.3 is 0 Å². The highest BCUT2D eigenvalue weighted by atomic mass is 35.5. The van der Waals surface area contributed by atoms with Crippen molar-refractivity contribution in [3.8, 4) is 6.07 Å². The lowest BCUT2D eigenvalue weighted by molar-refractivity contribution is 0.250. The van der Waals surface area contributed by atoms with Crippen LogP contribution >= 0.6 is 11.6 Å². The third-order valence-electron chi connectivity index (χ3n) is 5.48. The van der Waals surface area contributed by atoms with Gasteiger partial charge in [0, 0.05) is 49.0 Å². The highest BCUT2D eigenvalue weighted by molar-refractivity contribution is 6.32. The van der Waals surface area contributed by atoms with Crippen LogP contribution in [0.3, 0.4) is 0 Å². The van der Waals surface area contributed by atoms with Crippen LogP contribution in [-0.4, -0.2) is 31.1 Å². The van der Waals surface area contributed by atoms with Gasteiger partial charge in [-0.3, -0.25) is 4.90 Å². The maximum absolute atomic E-state index is 9.56. The lowest BCUT2D eigenvalue weighted by atomic mass is 10.0. The summed E-state index contributed by atoms with van der Waals surface area (Å²) >= 11 is 6.25. The van der Waals surface area contributed by atoms with Crippen molar-refractivity contribution in [3.05, 3.63) is 101 Å². The van der Waals surface area contributed by atoms with Crippen molar-refractivity contribution in [2.24, 2.45) is 0 Å². The van der Waals surface area contributed by atoms with E-state index >= 15 is 0 Å². The van der Waals surface area contributed by atoms with Crippen LogP contribution in [0, 0.1) is 11.3 Å². The SMILES string of the molecule is N#CC(=Cc1ccc(N2CCN(Cc3ccccc3)CC2)cc1)c1ccccc1Cl. The second kappa shape index (κ2) is 9.63. The second-order valence-corrected chi connectivity index (χ2v) is 7.90. The van der Waals surface area contributed by atoms with E-state index in [0.717, 1.165) is 43.9 Å². The summed E-state index contributed by atoms with van der Waals surface area (Å²) in [6.07, 6.45) is 1.89. The smallest absolute Gasteiger partial charge is 0.0998 e. The van der Waals surface area contributed by atoms with Crippen molar-refractivity contribution < 1.29 is 0 Å². The zero-order chi connectivity index (χ0) is 20.8. The normalized spacial score (nSPS) is 15.1. The molecule has 0 spiro atoms. The molecule has 4 heteroatoms. The molecule has 1 aliphatic heterocycles. The van der Waals surface area contributed by atoms with Crippen LogP contribution in [0.2, 0.25) is 5.02 Å². The van der Waals surface area contributed by atoms with Gasteiger partial charge in [0.15, 0.2) is 0 Å². The average molecular weight is 414 g/mol. The summed E-state index contributed by atoms with van der Waals surface area (Å²) in [7, 11) is 0. The molecule has 0 unspecified atom stereocenters. The maximum atomic E-state index is 9.56. The number of anilines is 1. The molecule has 150 valence electrons. The Hall–Kier alpha value is -3.06. The fourth-order valence-electron chi connectivity index (χ4n) is 3.80. The first-order chi connectivity index (χ1) is 14.7. The van der Waals surface area contributed by atoms with Crippen LogP contribution in [-0.2, 0) is 6.54 Å². The summed E-state index contributed by atoms with van der Waals surface area (Å²) in [5, 5.41) is 10.2. The number of nitrogens with zero attached hydrogens (tertiary/aromatic N) is 3. The first-order valence-corrected chi connectivity index (χ1v) is 10.6. The fraction of sp³-hybridized carbons (Fsp3) is 0.192. The minimum Gasteiger partial charge on any atom is -0.369 e. The zero-order valence-electron chi connectivity index (χ0n) is 16.8. The van der Waals surface area contributed by atoms with Gasteiger partial charge in [-0.15, -0.1) is 0 Å². The average Bonchev–Trinajstić information content (AvgIpc) is 2.80. The van der Waals surface area contributed by atoms with Crippen LogP contribution in [0.4, 0.5) is 5.69 Å². The number of hydrogen-bond acceptors (Lipinski definition) is 3. The third-order valence-corrected chi connectivity index (χ3v) is 5.80. The predicted octanol–water partition coefficient (Wildman–Crippen LogP) is 5.73. The minimum absolute atomic E-state index is 0.572. The molecule has 1 fully saturated rings. The van der Waals surface area contributed by atoms with E-state index in [1.807, 2.05) is 30.3 Å². The van der Waals surface area contributed by atoms with E-state index in [9.17, 15) is 5.26 Å². The number of halogens is 1. The van der Waals surface area contributed by atoms with Gasteiger partial charge in [-0.2, -0.15) is 5.26 Å². The van der Waals surface area contributed by atoms with Gasteiger partial charge in [0.2, 0.25) is 0 Å². The highest BCUT2D eigenvalue weighted by Gasteiger charge is 2.17. The molecule has 0 aromatic heterocycles. The van der Waals surface area contributed by atoms with Gasteiger partial charge in [-0.25, -0.2) is 0 Å². The van der Waals surface area contributed by atoms with E-state index in [0.29, 0.717) is 10.6 Å². The molecule has 0 bridgehead atoms. The first-order valence-electron chi connectivity index (χ1n) is 10.2. The first kappa shape index (κ1) is 20.2. The monoisotopic (exact) mass is 413 g/mol. The molecule has 0 saturated carbocycles. The van der Waals surface area contributed by atoms with Gasteiger partial charge in [-0.1, -0.05) is 72.3 Å². The van der Waals surface area contributed by atoms with Crippen LogP contribution in [0.1, 0.15) is 16.7 Å². The molecule has 0 radical (unpaired) electrons. The molecule has 0 amide bonds. The Balaban J connectivity index is 1.39. The van der Waals surface area contributed by atoms with E-state index < -0.39 is 0 Å². The maximum Gasteiger partial charge on any atom is 0.0998 e. The number of allylic oxidation sites excluding steroid dienone is 1. The molecule has 4 rings (SSSR count). The van der Waals surface area contributed by atoms with Crippen LogP contribution in [0.5, 0.6) is 0 Å². The molecule has 3 aromatic rings. The second-order valence-electron chi connectivity index (χ2n) is 7.49. The quantitative estimate of drug-likeness (QED) is 0.395. The molecule has 1 heterocycles. The molecule has 0 aliphatic carbocycles. The van der Waals surface area contributed by atoms with E-state index in [-0.39, 0.29) is 0 Å². The fourth-order valence-corrected chi connectivity index (χ4v) is 4.04. The van der Waals surface area contributed by atoms with E-state index in [1.54, 1.807) is 0 Å².